The topological polar surface area (TPSA) is 68.8 Å². The van der Waals surface area contributed by atoms with Gasteiger partial charge in [0.15, 0.2) is 0 Å². The Bertz CT molecular complexity index is 544. The van der Waals surface area contributed by atoms with E-state index in [9.17, 15) is 0 Å². The van der Waals surface area contributed by atoms with Gasteiger partial charge in [0.25, 0.3) is 0 Å². The summed E-state index contributed by atoms with van der Waals surface area (Å²) < 4.78 is 1.89. The second-order valence-corrected chi connectivity index (χ2v) is 4.97. The first-order chi connectivity index (χ1) is 9.67. The number of hydrogen-bond acceptors (Lipinski definition) is 4. The first-order valence-corrected chi connectivity index (χ1v) is 7.10. The molecular weight excluding hydrogens is 250 g/mol. The Morgan fingerprint density at radius 2 is 2.05 bits per heavy atom. The number of hydrazine groups is 1. The molecule has 5 nitrogen and oxygen atoms in total. The largest absolute Gasteiger partial charge is 0.271 e. The summed E-state index contributed by atoms with van der Waals surface area (Å²) in [5, 5.41) is 4.47. The average Bonchev–Trinajstić information content (AvgIpc) is 2.86. The Labute approximate surface area is 120 Å². The van der Waals surface area contributed by atoms with Gasteiger partial charge in [-0.15, -0.1) is 0 Å². The minimum atomic E-state index is 0.0211. The van der Waals surface area contributed by atoms with Crippen LogP contribution in [-0.2, 0) is 26.3 Å². The van der Waals surface area contributed by atoms with Crippen LogP contribution in [0.1, 0.15) is 42.5 Å². The zero-order valence-electron chi connectivity index (χ0n) is 12.4. The van der Waals surface area contributed by atoms with Gasteiger partial charge >= 0.3 is 0 Å². The van der Waals surface area contributed by atoms with E-state index in [-0.39, 0.29) is 6.04 Å². The van der Waals surface area contributed by atoms with E-state index in [0.717, 1.165) is 36.3 Å². The number of aryl methyl sites for hydroxylation is 3. The number of hydrogen-bond donors (Lipinski definition) is 2. The van der Waals surface area contributed by atoms with Crippen LogP contribution in [0.5, 0.6) is 0 Å². The van der Waals surface area contributed by atoms with Crippen LogP contribution in [0, 0.1) is 0 Å². The summed E-state index contributed by atoms with van der Waals surface area (Å²) in [4.78, 5) is 4.49. The standard InChI is InChI=1S/C15H23N5/c1-4-11-6-7-13(17-10-11)8-14(18-16)15-9-12(5-2)19-20(15)3/h6-7,9-10,14,18H,4-5,8,16H2,1-3H3. The fourth-order valence-electron chi connectivity index (χ4n) is 2.29. The molecule has 2 aromatic rings. The van der Waals surface area contributed by atoms with Crippen molar-refractivity contribution in [1.29, 1.82) is 0 Å². The van der Waals surface area contributed by atoms with Crippen molar-refractivity contribution in [2.75, 3.05) is 0 Å². The third kappa shape index (κ3) is 3.23. The summed E-state index contributed by atoms with van der Waals surface area (Å²) in [5.41, 5.74) is 7.32. The Hall–Kier alpha value is -1.72. The van der Waals surface area contributed by atoms with Crippen molar-refractivity contribution >= 4 is 0 Å². The van der Waals surface area contributed by atoms with E-state index in [0.29, 0.717) is 0 Å². The number of aromatic nitrogens is 3. The smallest absolute Gasteiger partial charge is 0.0684 e. The van der Waals surface area contributed by atoms with Gasteiger partial charge in [0.05, 0.1) is 17.4 Å². The van der Waals surface area contributed by atoms with Crippen molar-refractivity contribution in [1.82, 2.24) is 20.2 Å². The molecule has 3 N–H and O–H groups in total. The summed E-state index contributed by atoms with van der Waals surface area (Å²) in [6, 6.07) is 6.31. The molecule has 0 aliphatic heterocycles. The van der Waals surface area contributed by atoms with Crippen LogP contribution in [0.3, 0.4) is 0 Å². The lowest BCUT2D eigenvalue weighted by molar-refractivity contribution is 0.503. The Morgan fingerprint density at radius 1 is 1.25 bits per heavy atom. The fraction of sp³-hybridized carbons (Fsp3) is 0.467. The summed E-state index contributed by atoms with van der Waals surface area (Å²) >= 11 is 0. The first-order valence-electron chi connectivity index (χ1n) is 7.10. The molecule has 108 valence electrons. The summed E-state index contributed by atoms with van der Waals surface area (Å²) in [7, 11) is 1.95. The van der Waals surface area contributed by atoms with E-state index >= 15 is 0 Å². The minimum Gasteiger partial charge on any atom is -0.271 e. The fourth-order valence-corrected chi connectivity index (χ4v) is 2.29. The second kappa shape index (κ2) is 6.63. The highest BCUT2D eigenvalue weighted by molar-refractivity contribution is 5.19. The van der Waals surface area contributed by atoms with Gasteiger partial charge in [0.2, 0.25) is 0 Å². The van der Waals surface area contributed by atoms with Crippen molar-refractivity contribution in [2.45, 2.75) is 39.2 Å². The number of nitrogens with zero attached hydrogens (tertiary/aromatic N) is 3. The second-order valence-electron chi connectivity index (χ2n) is 4.97. The van der Waals surface area contributed by atoms with Gasteiger partial charge in [0.1, 0.15) is 0 Å². The average molecular weight is 273 g/mol. The monoisotopic (exact) mass is 273 g/mol. The van der Waals surface area contributed by atoms with Gasteiger partial charge < -0.3 is 0 Å². The van der Waals surface area contributed by atoms with Crippen molar-refractivity contribution in [3.8, 4) is 0 Å². The predicted molar refractivity (Wildman–Crippen MR) is 80.0 cm³/mol. The van der Waals surface area contributed by atoms with E-state index in [1.165, 1.54) is 5.56 Å². The van der Waals surface area contributed by atoms with Crippen LogP contribution < -0.4 is 11.3 Å². The molecule has 0 aliphatic rings. The highest BCUT2D eigenvalue weighted by atomic mass is 15.3. The molecule has 0 aromatic carbocycles. The predicted octanol–water partition coefficient (Wildman–Crippen LogP) is 1.69. The molecule has 0 saturated carbocycles. The van der Waals surface area contributed by atoms with Crippen molar-refractivity contribution in [3.63, 3.8) is 0 Å². The van der Waals surface area contributed by atoms with E-state index in [2.05, 4.69) is 47.6 Å². The van der Waals surface area contributed by atoms with Gasteiger partial charge in [-0.3, -0.25) is 20.9 Å². The molecule has 0 amide bonds. The summed E-state index contributed by atoms with van der Waals surface area (Å²) in [5.74, 6) is 5.71. The molecule has 0 fully saturated rings. The van der Waals surface area contributed by atoms with Crippen molar-refractivity contribution in [2.24, 2.45) is 12.9 Å². The van der Waals surface area contributed by atoms with Crippen LogP contribution in [0.4, 0.5) is 0 Å². The maximum atomic E-state index is 5.71. The molecule has 0 bridgehead atoms. The van der Waals surface area contributed by atoms with Crippen LogP contribution in [-0.4, -0.2) is 14.8 Å². The maximum Gasteiger partial charge on any atom is 0.0684 e. The lowest BCUT2D eigenvalue weighted by Crippen LogP contribution is -2.31. The molecule has 0 radical (unpaired) electrons. The van der Waals surface area contributed by atoms with Crippen LogP contribution >= 0.6 is 0 Å². The molecule has 5 heteroatoms. The molecule has 2 rings (SSSR count). The quantitative estimate of drug-likeness (QED) is 0.621. The lowest BCUT2D eigenvalue weighted by Gasteiger charge is -2.15. The summed E-state index contributed by atoms with van der Waals surface area (Å²) in [6.07, 6.45) is 4.62. The molecule has 1 atom stereocenters. The van der Waals surface area contributed by atoms with E-state index in [1.54, 1.807) is 0 Å². The van der Waals surface area contributed by atoms with E-state index in [4.69, 9.17) is 5.84 Å². The van der Waals surface area contributed by atoms with Crippen LogP contribution in [0.15, 0.2) is 24.4 Å². The number of nitrogens with one attached hydrogen (secondary N) is 1. The van der Waals surface area contributed by atoms with Gasteiger partial charge in [-0.1, -0.05) is 19.9 Å². The van der Waals surface area contributed by atoms with E-state index < -0.39 is 0 Å². The molecule has 1 unspecified atom stereocenters. The zero-order valence-corrected chi connectivity index (χ0v) is 12.4. The zero-order chi connectivity index (χ0) is 14.5. The lowest BCUT2D eigenvalue weighted by atomic mass is 10.1. The van der Waals surface area contributed by atoms with Gasteiger partial charge in [-0.05, 0) is 30.5 Å². The highest BCUT2D eigenvalue weighted by Crippen LogP contribution is 2.18. The molecule has 0 spiro atoms. The molecule has 2 aromatic heterocycles. The minimum absolute atomic E-state index is 0.0211. The van der Waals surface area contributed by atoms with E-state index in [1.807, 2.05) is 17.9 Å². The Balaban J connectivity index is 2.16. The number of nitrogens with two attached hydrogens (primary N) is 1. The van der Waals surface area contributed by atoms with Crippen LogP contribution in [0.25, 0.3) is 0 Å². The molecule has 0 aliphatic carbocycles. The van der Waals surface area contributed by atoms with Gasteiger partial charge in [-0.2, -0.15) is 5.10 Å². The Morgan fingerprint density at radius 3 is 2.55 bits per heavy atom. The SMILES string of the molecule is CCc1ccc(CC(NN)c2cc(CC)nn2C)nc1. The molecular formula is C15H23N5. The normalized spacial score (nSPS) is 12.6. The molecule has 0 saturated heterocycles. The maximum absolute atomic E-state index is 5.71. The third-order valence-electron chi connectivity index (χ3n) is 3.59. The number of pyridine rings is 1. The van der Waals surface area contributed by atoms with Crippen molar-refractivity contribution in [3.05, 3.63) is 47.0 Å². The van der Waals surface area contributed by atoms with Crippen molar-refractivity contribution < 1.29 is 0 Å². The first kappa shape index (κ1) is 14.7. The highest BCUT2D eigenvalue weighted by Gasteiger charge is 2.16. The molecule has 2 heterocycles. The summed E-state index contributed by atoms with van der Waals surface area (Å²) in [6.45, 7) is 4.23. The van der Waals surface area contributed by atoms with Crippen LogP contribution in [0.2, 0.25) is 0 Å². The Kier molecular flexibility index (Phi) is 4.87. The number of rotatable bonds is 6. The van der Waals surface area contributed by atoms with Gasteiger partial charge in [-0.25, -0.2) is 0 Å². The van der Waals surface area contributed by atoms with Gasteiger partial charge in [0, 0.05) is 25.4 Å². The third-order valence-corrected chi connectivity index (χ3v) is 3.59. The molecule has 20 heavy (non-hydrogen) atoms.